The molecule has 2 unspecified atom stereocenters. The SMILES string of the molecule is O=S1(=O)CCCC1CNCC(O)c1ccccc1. The number of hydrogen-bond acceptors (Lipinski definition) is 4. The highest BCUT2D eigenvalue weighted by Gasteiger charge is 2.30. The monoisotopic (exact) mass is 269 g/mol. The standard InChI is InChI=1S/C13H19NO3S/c15-13(11-5-2-1-3-6-11)10-14-9-12-7-4-8-18(12,16)17/h1-3,5-6,12-15H,4,7-10H2. The Morgan fingerprint density at radius 2 is 2.06 bits per heavy atom. The third-order valence-electron chi connectivity index (χ3n) is 3.36. The Labute approximate surface area is 108 Å². The predicted molar refractivity (Wildman–Crippen MR) is 71.1 cm³/mol. The first kappa shape index (κ1) is 13.5. The molecule has 4 nitrogen and oxygen atoms in total. The smallest absolute Gasteiger partial charge is 0.154 e. The molecule has 100 valence electrons. The molecule has 2 N–H and O–H groups in total. The number of nitrogens with one attached hydrogen (secondary N) is 1. The van der Waals surface area contributed by atoms with E-state index in [1.807, 2.05) is 30.3 Å². The molecule has 1 aromatic carbocycles. The van der Waals surface area contributed by atoms with E-state index >= 15 is 0 Å². The van der Waals surface area contributed by atoms with E-state index in [9.17, 15) is 13.5 Å². The molecule has 0 bridgehead atoms. The molecule has 2 rings (SSSR count). The molecule has 0 spiro atoms. The second-order valence-electron chi connectivity index (χ2n) is 4.72. The fourth-order valence-electron chi connectivity index (χ4n) is 2.26. The van der Waals surface area contributed by atoms with E-state index in [0.29, 0.717) is 18.8 Å². The van der Waals surface area contributed by atoms with Gasteiger partial charge in [0.2, 0.25) is 0 Å². The third kappa shape index (κ3) is 3.31. The van der Waals surface area contributed by atoms with Gasteiger partial charge in [0.15, 0.2) is 9.84 Å². The van der Waals surface area contributed by atoms with Crippen LogP contribution in [0.1, 0.15) is 24.5 Å². The molecule has 1 aromatic rings. The zero-order chi connectivity index (χ0) is 13.0. The van der Waals surface area contributed by atoms with Crippen LogP contribution >= 0.6 is 0 Å². The third-order valence-corrected chi connectivity index (χ3v) is 5.63. The Morgan fingerprint density at radius 1 is 1.33 bits per heavy atom. The lowest BCUT2D eigenvalue weighted by atomic mass is 10.1. The summed E-state index contributed by atoms with van der Waals surface area (Å²) >= 11 is 0. The van der Waals surface area contributed by atoms with Gasteiger partial charge in [0.25, 0.3) is 0 Å². The molecule has 1 heterocycles. The van der Waals surface area contributed by atoms with E-state index in [1.54, 1.807) is 0 Å². The van der Waals surface area contributed by atoms with Crippen LogP contribution in [0.5, 0.6) is 0 Å². The minimum Gasteiger partial charge on any atom is -0.387 e. The lowest BCUT2D eigenvalue weighted by Gasteiger charge is -2.14. The Bertz CT molecular complexity index is 472. The average Bonchev–Trinajstić information content (AvgIpc) is 2.70. The Kier molecular flexibility index (Phi) is 4.37. The minimum atomic E-state index is -2.89. The van der Waals surface area contributed by atoms with Crippen molar-refractivity contribution in [3.8, 4) is 0 Å². The van der Waals surface area contributed by atoms with Crippen LogP contribution in [0, 0.1) is 0 Å². The Morgan fingerprint density at radius 3 is 2.67 bits per heavy atom. The molecule has 1 aliphatic rings. The summed E-state index contributed by atoms with van der Waals surface area (Å²) in [4.78, 5) is 0. The van der Waals surface area contributed by atoms with Crippen molar-refractivity contribution < 1.29 is 13.5 Å². The first-order valence-corrected chi connectivity index (χ1v) is 7.96. The van der Waals surface area contributed by atoms with E-state index < -0.39 is 15.9 Å². The summed E-state index contributed by atoms with van der Waals surface area (Å²) in [5.74, 6) is 0.306. The van der Waals surface area contributed by atoms with Crippen molar-refractivity contribution in [2.45, 2.75) is 24.2 Å². The first-order chi connectivity index (χ1) is 8.59. The van der Waals surface area contributed by atoms with Crippen LogP contribution in [0.3, 0.4) is 0 Å². The second-order valence-corrected chi connectivity index (χ2v) is 7.12. The highest BCUT2D eigenvalue weighted by atomic mass is 32.2. The Hall–Kier alpha value is -0.910. The van der Waals surface area contributed by atoms with Crippen molar-refractivity contribution in [3.63, 3.8) is 0 Å². The largest absolute Gasteiger partial charge is 0.387 e. The van der Waals surface area contributed by atoms with Crippen molar-refractivity contribution in [2.75, 3.05) is 18.8 Å². The van der Waals surface area contributed by atoms with Gasteiger partial charge in [-0.1, -0.05) is 30.3 Å². The normalized spacial score (nSPS) is 23.9. The zero-order valence-electron chi connectivity index (χ0n) is 10.2. The molecule has 1 saturated heterocycles. The molecule has 5 heteroatoms. The van der Waals surface area contributed by atoms with Gasteiger partial charge in [-0.2, -0.15) is 0 Å². The van der Waals surface area contributed by atoms with Crippen LogP contribution in [0.25, 0.3) is 0 Å². The van der Waals surface area contributed by atoms with Crippen molar-refractivity contribution >= 4 is 9.84 Å². The molecule has 0 radical (unpaired) electrons. The highest BCUT2D eigenvalue weighted by molar-refractivity contribution is 7.92. The molecule has 2 atom stereocenters. The number of aliphatic hydroxyl groups excluding tert-OH is 1. The summed E-state index contributed by atoms with van der Waals surface area (Å²) in [7, 11) is -2.89. The minimum absolute atomic E-state index is 0.277. The van der Waals surface area contributed by atoms with Gasteiger partial charge < -0.3 is 10.4 Å². The summed E-state index contributed by atoms with van der Waals surface area (Å²) in [6.45, 7) is 0.822. The van der Waals surface area contributed by atoms with Gasteiger partial charge in [0.05, 0.1) is 17.1 Å². The maximum Gasteiger partial charge on any atom is 0.154 e. The summed E-state index contributed by atoms with van der Waals surface area (Å²) < 4.78 is 23.2. The molecular formula is C13H19NO3S. The van der Waals surface area contributed by atoms with Crippen LogP contribution in [0.4, 0.5) is 0 Å². The van der Waals surface area contributed by atoms with Gasteiger partial charge in [-0.15, -0.1) is 0 Å². The van der Waals surface area contributed by atoms with Crippen molar-refractivity contribution in [3.05, 3.63) is 35.9 Å². The predicted octanol–water partition coefficient (Wildman–Crippen LogP) is 0.887. The van der Waals surface area contributed by atoms with Crippen LogP contribution in [0.15, 0.2) is 30.3 Å². The van der Waals surface area contributed by atoms with Crippen molar-refractivity contribution in [2.24, 2.45) is 0 Å². The van der Waals surface area contributed by atoms with E-state index in [4.69, 9.17) is 0 Å². The molecule has 0 aliphatic carbocycles. The maximum atomic E-state index is 11.6. The van der Waals surface area contributed by atoms with E-state index in [-0.39, 0.29) is 5.25 Å². The summed E-state index contributed by atoms with van der Waals surface area (Å²) in [6, 6.07) is 9.37. The number of aliphatic hydroxyl groups is 1. The van der Waals surface area contributed by atoms with Gasteiger partial charge in [-0.3, -0.25) is 0 Å². The number of benzene rings is 1. The van der Waals surface area contributed by atoms with Crippen molar-refractivity contribution in [1.82, 2.24) is 5.32 Å². The van der Waals surface area contributed by atoms with Crippen LogP contribution in [-0.2, 0) is 9.84 Å². The summed E-state index contributed by atoms with van der Waals surface area (Å²) in [5.41, 5.74) is 0.847. The van der Waals surface area contributed by atoms with E-state index in [1.165, 1.54) is 0 Å². The number of sulfone groups is 1. The van der Waals surface area contributed by atoms with E-state index in [0.717, 1.165) is 18.4 Å². The summed E-state index contributed by atoms with van der Waals surface area (Å²) in [6.07, 6.45) is 0.905. The van der Waals surface area contributed by atoms with Crippen molar-refractivity contribution in [1.29, 1.82) is 0 Å². The number of hydrogen-bond donors (Lipinski definition) is 2. The topological polar surface area (TPSA) is 66.4 Å². The molecular weight excluding hydrogens is 250 g/mol. The van der Waals surface area contributed by atoms with Crippen LogP contribution in [0.2, 0.25) is 0 Å². The molecule has 1 aliphatic heterocycles. The maximum absolute atomic E-state index is 11.6. The van der Waals surface area contributed by atoms with Gasteiger partial charge in [-0.25, -0.2) is 8.42 Å². The fraction of sp³-hybridized carbons (Fsp3) is 0.538. The van der Waals surface area contributed by atoms with Gasteiger partial charge >= 0.3 is 0 Å². The fourth-order valence-corrected chi connectivity index (χ4v) is 4.06. The molecule has 0 amide bonds. The second kappa shape index (κ2) is 5.82. The molecule has 1 fully saturated rings. The van der Waals surface area contributed by atoms with Crippen LogP contribution < -0.4 is 5.32 Å². The van der Waals surface area contributed by atoms with Gasteiger partial charge in [0, 0.05) is 13.1 Å². The van der Waals surface area contributed by atoms with Gasteiger partial charge in [-0.05, 0) is 18.4 Å². The molecule has 18 heavy (non-hydrogen) atoms. The summed E-state index contributed by atoms with van der Waals surface area (Å²) in [5, 5.41) is 12.7. The molecule has 0 aromatic heterocycles. The first-order valence-electron chi connectivity index (χ1n) is 6.25. The van der Waals surface area contributed by atoms with Gasteiger partial charge in [0.1, 0.15) is 0 Å². The number of rotatable bonds is 5. The zero-order valence-corrected chi connectivity index (χ0v) is 11.1. The lowest BCUT2D eigenvalue weighted by Crippen LogP contribution is -2.33. The quantitative estimate of drug-likeness (QED) is 0.833. The Balaban J connectivity index is 1.79. The van der Waals surface area contributed by atoms with Crippen LogP contribution in [-0.4, -0.2) is 37.6 Å². The lowest BCUT2D eigenvalue weighted by molar-refractivity contribution is 0.175. The average molecular weight is 269 g/mol. The highest BCUT2D eigenvalue weighted by Crippen LogP contribution is 2.19. The molecule has 0 saturated carbocycles. The van der Waals surface area contributed by atoms with E-state index in [2.05, 4.69) is 5.32 Å².